The Hall–Kier alpha value is -2.77. The van der Waals surface area contributed by atoms with Crippen LogP contribution in [-0.2, 0) is 9.63 Å². The number of benzene rings is 1. The lowest BCUT2D eigenvalue weighted by molar-refractivity contribution is -0.119. The first kappa shape index (κ1) is 14.6. The Labute approximate surface area is 121 Å². The van der Waals surface area contributed by atoms with Gasteiger partial charge in [-0.25, -0.2) is 4.79 Å². The molecule has 1 atom stereocenters. The predicted molar refractivity (Wildman–Crippen MR) is 77.1 cm³/mol. The van der Waals surface area contributed by atoms with Crippen molar-refractivity contribution in [1.82, 2.24) is 4.90 Å². The number of hydrogen-bond acceptors (Lipinski definition) is 5. The second-order valence-electron chi connectivity index (χ2n) is 4.55. The maximum Gasteiger partial charge on any atom is 0.408 e. The van der Waals surface area contributed by atoms with E-state index in [0.717, 1.165) is 4.90 Å². The van der Waals surface area contributed by atoms with Crippen molar-refractivity contribution in [2.75, 3.05) is 24.7 Å². The van der Waals surface area contributed by atoms with Gasteiger partial charge in [-0.2, -0.15) is 0 Å². The summed E-state index contributed by atoms with van der Waals surface area (Å²) in [6, 6.07) is 5.92. The van der Waals surface area contributed by atoms with Gasteiger partial charge >= 0.3 is 6.09 Å². The predicted octanol–water partition coefficient (Wildman–Crippen LogP) is 0.962. The largest absolute Gasteiger partial charge is 0.465 e. The summed E-state index contributed by atoms with van der Waals surface area (Å²) in [5, 5.41) is 15.5. The van der Waals surface area contributed by atoms with Crippen LogP contribution in [0.5, 0.6) is 0 Å². The van der Waals surface area contributed by atoms with E-state index in [4.69, 9.17) is 10.8 Å². The Bertz CT molecular complexity index is 587. The van der Waals surface area contributed by atoms with Gasteiger partial charge in [0.05, 0.1) is 23.6 Å². The van der Waals surface area contributed by atoms with Gasteiger partial charge < -0.3 is 21.0 Å². The van der Waals surface area contributed by atoms with Crippen LogP contribution in [0.4, 0.5) is 16.2 Å². The van der Waals surface area contributed by atoms with Gasteiger partial charge in [0.15, 0.2) is 0 Å². The molecule has 2 rings (SSSR count). The molecular formula is C13H16N4O4. The average Bonchev–Trinajstić information content (AvgIpc) is 2.86. The number of nitrogens with two attached hydrogens (primary N) is 1. The average molecular weight is 292 g/mol. The van der Waals surface area contributed by atoms with Gasteiger partial charge in [-0.15, -0.1) is 0 Å². The first-order valence-electron chi connectivity index (χ1n) is 6.26. The van der Waals surface area contributed by atoms with Crippen LogP contribution in [0.25, 0.3) is 0 Å². The molecule has 2 amide bonds. The molecule has 21 heavy (non-hydrogen) atoms. The lowest BCUT2D eigenvalue weighted by Crippen LogP contribution is -2.42. The van der Waals surface area contributed by atoms with Gasteiger partial charge in [0.25, 0.3) is 0 Å². The van der Waals surface area contributed by atoms with Crippen LogP contribution in [0.1, 0.15) is 6.42 Å². The zero-order valence-corrected chi connectivity index (χ0v) is 11.4. The van der Waals surface area contributed by atoms with Crippen LogP contribution in [0.2, 0.25) is 0 Å². The smallest absolute Gasteiger partial charge is 0.408 e. The molecule has 1 saturated heterocycles. The van der Waals surface area contributed by atoms with E-state index in [9.17, 15) is 9.59 Å². The molecule has 0 saturated carbocycles. The maximum absolute atomic E-state index is 12.3. The number of carbonyl (C=O) groups is 2. The standard InChI is InChI=1S/C13H16N4O4/c1-21-16-8-6-11(17(7-8)13(19)20)12(18)15-10-5-3-2-4-9(10)14/h2-5,11H,6-7,14H2,1H3,(H,15,18)(H,19,20)/b16-8+/t11-/m0/s1. The number of carbonyl (C=O) groups excluding carboxylic acids is 1. The molecule has 1 heterocycles. The minimum atomic E-state index is -1.18. The Balaban J connectivity index is 2.15. The van der Waals surface area contributed by atoms with Gasteiger partial charge in [-0.3, -0.25) is 9.69 Å². The van der Waals surface area contributed by atoms with Crippen molar-refractivity contribution in [1.29, 1.82) is 0 Å². The van der Waals surface area contributed by atoms with Crippen molar-refractivity contribution < 1.29 is 19.5 Å². The molecule has 0 unspecified atom stereocenters. The first-order chi connectivity index (χ1) is 10.0. The molecule has 4 N–H and O–H groups in total. The van der Waals surface area contributed by atoms with Crippen molar-refractivity contribution >= 4 is 29.1 Å². The molecule has 0 aromatic heterocycles. The Morgan fingerprint density at radius 3 is 2.81 bits per heavy atom. The fourth-order valence-corrected chi connectivity index (χ4v) is 2.16. The summed E-state index contributed by atoms with van der Waals surface area (Å²) in [4.78, 5) is 29.1. The van der Waals surface area contributed by atoms with Crippen molar-refractivity contribution in [3.63, 3.8) is 0 Å². The number of nitrogen functional groups attached to an aromatic ring is 1. The minimum Gasteiger partial charge on any atom is -0.465 e. The van der Waals surface area contributed by atoms with Gasteiger partial charge in [-0.05, 0) is 12.1 Å². The molecule has 8 heteroatoms. The van der Waals surface area contributed by atoms with Gasteiger partial charge in [0, 0.05) is 6.42 Å². The lowest BCUT2D eigenvalue weighted by atomic mass is 10.2. The van der Waals surface area contributed by atoms with E-state index < -0.39 is 18.0 Å². The molecule has 1 fully saturated rings. The highest BCUT2D eigenvalue weighted by atomic mass is 16.6. The minimum absolute atomic E-state index is 0.0472. The summed E-state index contributed by atoms with van der Waals surface area (Å²) in [6.45, 7) is 0.0472. The normalized spacial score (nSPS) is 19.6. The molecule has 8 nitrogen and oxygen atoms in total. The number of hydrogen-bond donors (Lipinski definition) is 3. The van der Waals surface area contributed by atoms with E-state index in [-0.39, 0.29) is 13.0 Å². The molecular weight excluding hydrogens is 276 g/mol. The van der Waals surface area contributed by atoms with Crippen LogP contribution in [-0.4, -0.2) is 47.4 Å². The van der Waals surface area contributed by atoms with Crippen LogP contribution >= 0.6 is 0 Å². The quantitative estimate of drug-likeness (QED) is 0.566. The van der Waals surface area contributed by atoms with Gasteiger partial charge in [-0.1, -0.05) is 17.3 Å². The molecule has 0 aliphatic carbocycles. The van der Waals surface area contributed by atoms with Crippen molar-refractivity contribution in [3.8, 4) is 0 Å². The number of nitrogens with one attached hydrogen (secondary N) is 1. The number of anilines is 2. The first-order valence-corrected chi connectivity index (χ1v) is 6.26. The summed E-state index contributed by atoms with van der Waals surface area (Å²) in [6.07, 6.45) is -0.990. The van der Waals surface area contributed by atoms with Crippen LogP contribution in [0.15, 0.2) is 29.4 Å². The molecule has 0 spiro atoms. The van der Waals surface area contributed by atoms with Crippen LogP contribution in [0.3, 0.4) is 0 Å². The number of amides is 2. The summed E-state index contributed by atoms with van der Waals surface area (Å²) in [7, 11) is 1.37. The highest BCUT2D eigenvalue weighted by molar-refractivity contribution is 6.05. The summed E-state index contributed by atoms with van der Waals surface area (Å²) < 4.78 is 0. The van der Waals surface area contributed by atoms with E-state index in [1.165, 1.54) is 7.11 Å². The van der Waals surface area contributed by atoms with E-state index in [1.54, 1.807) is 24.3 Å². The fraction of sp³-hybridized carbons (Fsp3) is 0.308. The number of rotatable bonds is 3. The third-order valence-corrected chi connectivity index (χ3v) is 3.15. The Kier molecular flexibility index (Phi) is 4.27. The van der Waals surface area contributed by atoms with Crippen molar-refractivity contribution in [2.45, 2.75) is 12.5 Å². The highest BCUT2D eigenvalue weighted by Gasteiger charge is 2.38. The number of para-hydroxylation sites is 2. The second-order valence-corrected chi connectivity index (χ2v) is 4.55. The Morgan fingerprint density at radius 1 is 1.48 bits per heavy atom. The number of carboxylic acid groups (broad SMARTS) is 1. The lowest BCUT2D eigenvalue weighted by Gasteiger charge is -2.20. The Morgan fingerprint density at radius 2 is 2.19 bits per heavy atom. The van der Waals surface area contributed by atoms with E-state index in [1.807, 2.05) is 0 Å². The van der Waals surface area contributed by atoms with Gasteiger partial charge in [0.1, 0.15) is 13.2 Å². The maximum atomic E-state index is 12.3. The number of oxime groups is 1. The molecule has 1 aliphatic heterocycles. The van der Waals surface area contributed by atoms with Crippen LogP contribution < -0.4 is 11.1 Å². The van der Waals surface area contributed by atoms with E-state index in [2.05, 4.69) is 15.3 Å². The molecule has 1 aliphatic rings. The molecule has 112 valence electrons. The summed E-state index contributed by atoms with van der Waals surface area (Å²) in [5.74, 6) is -0.448. The van der Waals surface area contributed by atoms with Crippen molar-refractivity contribution in [2.24, 2.45) is 5.16 Å². The monoisotopic (exact) mass is 292 g/mol. The molecule has 0 radical (unpaired) electrons. The zero-order chi connectivity index (χ0) is 15.4. The number of nitrogens with zero attached hydrogens (tertiary/aromatic N) is 2. The fourth-order valence-electron chi connectivity index (χ4n) is 2.16. The van der Waals surface area contributed by atoms with Crippen molar-refractivity contribution in [3.05, 3.63) is 24.3 Å². The molecule has 1 aromatic rings. The summed E-state index contributed by atoms with van der Waals surface area (Å²) >= 11 is 0. The molecule has 1 aromatic carbocycles. The third kappa shape index (κ3) is 3.22. The van der Waals surface area contributed by atoms with Gasteiger partial charge in [0.2, 0.25) is 5.91 Å². The molecule has 0 bridgehead atoms. The summed E-state index contributed by atoms with van der Waals surface area (Å²) in [5.41, 5.74) is 7.11. The highest BCUT2D eigenvalue weighted by Crippen LogP contribution is 2.21. The van der Waals surface area contributed by atoms with E-state index >= 15 is 0 Å². The van der Waals surface area contributed by atoms with E-state index in [0.29, 0.717) is 17.1 Å². The SMILES string of the molecule is CO/N=C1\C[C@@H](C(=O)Nc2ccccc2N)N(C(=O)O)C1. The van der Waals surface area contributed by atoms with Crippen LogP contribution in [0, 0.1) is 0 Å². The topological polar surface area (TPSA) is 117 Å². The third-order valence-electron chi connectivity index (χ3n) is 3.15. The zero-order valence-electron chi connectivity index (χ0n) is 11.4. The second kappa shape index (κ2) is 6.12. The number of likely N-dealkylation sites (tertiary alicyclic amines) is 1.